The molecule has 0 bridgehead atoms. The Balaban J connectivity index is 1.88. The second-order valence-corrected chi connectivity index (χ2v) is 4.55. The fraction of sp³-hybridized carbons (Fsp3) is 0.429. The van der Waals surface area contributed by atoms with Crippen LogP contribution in [-0.2, 0) is 0 Å². The van der Waals surface area contributed by atoms with Crippen molar-refractivity contribution in [2.45, 2.75) is 0 Å². The molecule has 0 saturated carbocycles. The molecule has 16 heavy (non-hydrogen) atoms. The SMILES string of the molecule is C=C(CN1CCN(C)CC1)c1ccccc1. The first kappa shape index (κ1) is 11.4. The van der Waals surface area contributed by atoms with E-state index in [1.807, 2.05) is 6.07 Å². The molecule has 0 unspecified atom stereocenters. The van der Waals surface area contributed by atoms with Crippen molar-refractivity contribution in [2.24, 2.45) is 0 Å². The number of hydrogen-bond donors (Lipinski definition) is 0. The summed E-state index contributed by atoms with van der Waals surface area (Å²) in [4.78, 5) is 4.86. The molecule has 1 aliphatic rings. The predicted molar refractivity (Wildman–Crippen MR) is 69.4 cm³/mol. The van der Waals surface area contributed by atoms with Gasteiger partial charge in [0.15, 0.2) is 0 Å². The number of piperazine rings is 1. The Kier molecular flexibility index (Phi) is 3.75. The third-order valence-corrected chi connectivity index (χ3v) is 3.19. The molecule has 0 atom stereocenters. The maximum Gasteiger partial charge on any atom is 0.0234 e. The van der Waals surface area contributed by atoms with Crippen LogP contribution in [0.5, 0.6) is 0 Å². The van der Waals surface area contributed by atoms with Crippen LogP contribution in [0.4, 0.5) is 0 Å². The summed E-state index contributed by atoms with van der Waals surface area (Å²) in [6.07, 6.45) is 0. The lowest BCUT2D eigenvalue weighted by atomic mass is 10.1. The van der Waals surface area contributed by atoms with Crippen LogP contribution >= 0.6 is 0 Å². The zero-order chi connectivity index (χ0) is 11.4. The second kappa shape index (κ2) is 5.28. The summed E-state index contributed by atoms with van der Waals surface area (Å²) in [5.74, 6) is 0. The van der Waals surface area contributed by atoms with Gasteiger partial charge in [-0.25, -0.2) is 0 Å². The minimum absolute atomic E-state index is 0.998. The van der Waals surface area contributed by atoms with Crippen LogP contribution in [0.1, 0.15) is 5.56 Å². The Morgan fingerprint density at radius 3 is 2.38 bits per heavy atom. The molecule has 2 heteroatoms. The summed E-state index contributed by atoms with van der Waals surface area (Å²) in [5.41, 5.74) is 2.49. The monoisotopic (exact) mass is 216 g/mol. The molecule has 2 rings (SSSR count). The van der Waals surface area contributed by atoms with Gasteiger partial charge in [0.2, 0.25) is 0 Å². The maximum absolute atomic E-state index is 4.18. The Labute approximate surface area is 98.2 Å². The van der Waals surface area contributed by atoms with Gasteiger partial charge in [-0.2, -0.15) is 0 Å². The largest absolute Gasteiger partial charge is 0.304 e. The zero-order valence-electron chi connectivity index (χ0n) is 10.0. The topological polar surface area (TPSA) is 6.48 Å². The first-order chi connectivity index (χ1) is 7.75. The van der Waals surface area contributed by atoms with E-state index >= 15 is 0 Å². The highest BCUT2D eigenvalue weighted by Gasteiger charge is 2.14. The molecule has 2 nitrogen and oxygen atoms in total. The average molecular weight is 216 g/mol. The Bertz CT molecular complexity index is 337. The lowest BCUT2D eigenvalue weighted by molar-refractivity contribution is 0.168. The highest BCUT2D eigenvalue weighted by molar-refractivity contribution is 5.64. The van der Waals surface area contributed by atoms with E-state index in [9.17, 15) is 0 Å². The van der Waals surface area contributed by atoms with E-state index in [2.05, 4.69) is 47.7 Å². The first-order valence-electron chi connectivity index (χ1n) is 5.90. The van der Waals surface area contributed by atoms with Gasteiger partial charge >= 0.3 is 0 Å². The maximum atomic E-state index is 4.18. The average Bonchev–Trinajstić information content (AvgIpc) is 2.33. The Morgan fingerprint density at radius 2 is 1.75 bits per heavy atom. The van der Waals surface area contributed by atoms with Gasteiger partial charge in [-0.05, 0) is 18.2 Å². The van der Waals surface area contributed by atoms with Crippen LogP contribution in [0.15, 0.2) is 36.9 Å². The predicted octanol–water partition coefficient (Wildman–Crippen LogP) is 1.95. The fourth-order valence-electron chi connectivity index (χ4n) is 2.04. The molecule has 1 fully saturated rings. The molecule has 1 aromatic carbocycles. The molecular formula is C14H20N2. The standard InChI is InChI=1S/C14H20N2/c1-13(14-6-4-3-5-7-14)12-16-10-8-15(2)9-11-16/h3-7H,1,8-12H2,2H3. The lowest BCUT2D eigenvalue weighted by Crippen LogP contribution is -2.44. The van der Waals surface area contributed by atoms with Gasteiger partial charge in [-0.1, -0.05) is 36.9 Å². The molecule has 0 N–H and O–H groups in total. The van der Waals surface area contributed by atoms with Crippen molar-refractivity contribution < 1.29 is 0 Å². The first-order valence-corrected chi connectivity index (χ1v) is 5.90. The molecule has 0 amide bonds. The zero-order valence-corrected chi connectivity index (χ0v) is 10.0. The summed E-state index contributed by atoms with van der Waals surface area (Å²) in [7, 11) is 2.18. The smallest absolute Gasteiger partial charge is 0.0234 e. The second-order valence-electron chi connectivity index (χ2n) is 4.55. The van der Waals surface area contributed by atoms with E-state index in [4.69, 9.17) is 0 Å². The highest BCUT2D eigenvalue weighted by atomic mass is 15.2. The van der Waals surface area contributed by atoms with Gasteiger partial charge < -0.3 is 4.90 Å². The van der Waals surface area contributed by atoms with Crippen LogP contribution in [-0.4, -0.2) is 49.6 Å². The summed E-state index contributed by atoms with van der Waals surface area (Å²) < 4.78 is 0. The highest BCUT2D eigenvalue weighted by Crippen LogP contribution is 2.14. The van der Waals surface area contributed by atoms with Crippen molar-refractivity contribution in [3.05, 3.63) is 42.5 Å². The van der Waals surface area contributed by atoms with E-state index in [0.717, 1.165) is 19.6 Å². The number of rotatable bonds is 3. The van der Waals surface area contributed by atoms with Crippen LogP contribution in [0.2, 0.25) is 0 Å². The van der Waals surface area contributed by atoms with Crippen molar-refractivity contribution >= 4 is 5.57 Å². The fourth-order valence-corrected chi connectivity index (χ4v) is 2.04. The number of nitrogens with zero attached hydrogens (tertiary/aromatic N) is 2. The van der Waals surface area contributed by atoms with E-state index in [1.165, 1.54) is 24.2 Å². The molecular weight excluding hydrogens is 196 g/mol. The van der Waals surface area contributed by atoms with E-state index in [0.29, 0.717) is 0 Å². The van der Waals surface area contributed by atoms with E-state index in [-0.39, 0.29) is 0 Å². The van der Waals surface area contributed by atoms with Gasteiger partial charge in [-0.15, -0.1) is 0 Å². The third kappa shape index (κ3) is 2.94. The number of likely N-dealkylation sites (N-methyl/N-ethyl adjacent to an activating group) is 1. The number of benzene rings is 1. The van der Waals surface area contributed by atoms with Crippen LogP contribution < -0.4 is 0 Å². The quantitative estimate of drug-likeness (QED) is 0.762. The van der Waals surface area contributed by atoms with Gasteiger partial charge in [0.1, 0.15) is 0 Å². The van der Waals surface area contributed by atoms with Gasteiger partial charge in [-0.3, -0.25) is 4.90 Å². The molecule has 0 spiro atoms. The van der Waals surface area contributed by atoms with Gasteiger partial charge in [0.25, 0.3) is 0 Å². The Morgan fingerprint density at radius 1 is 1.12 bits per heavy atom. The van der Waals surface area contributed by atoms with Crippen molar-refractivity contribution in [3.8, 4) is 0 Å². The van der Waals surface area contributed by atoms with E-state index < -0.39 is 0 Å². The molecule has 1 aliphatic heterocycles. The summed E-state index contributed by atoms with van der Waals surface area (Å²) in [6.45, 7) is 9.83. The van der Waals surface area contributed by atoms with Crippen molar-refractivity contribution in [1.82, 2.24) is 9.80 Å². The van der Waals surface area contributed by atoms with Crippen molar-refractivity contribution in [2.75, 3.05) is 39.8 Å². The molecule has 1 heterocycles. The molecule has 86 valence electrons. The van der Waals surface area contributed by atoms with Crippen LogP contribution in [0.25, 0.3) is 5.57 Å². The Hall–Kier alpha value is -1.12. The summed E-state index contributed by atoms with van der Waals surface area (Å²) >= 11 is 0. The normalized spacial score (nSPS) is 18.6. The van der Waals surface area contributed by atoms with E-state index in [1.54, 1.807) is 0 Å². The molecule has 0 aliphatic carbocycles. The minimum atomic E-state index is 0.998. The summed E-state index contributed by atoms with van der Waals surface area (Å²) in [5, 5.41) is 0. The van der Waals surface area contributed by atoms with Crippen LogP contribution in [0, 0.1) is 0 Å². The van der Waals surface area contributed by atoms with Gasteiger partial charge in [0.05, 0.1) is 0 Å². The third-order valence-electron chi connectivity index (χ3n) is 3.19. The van der Waals surface area contributed by atoms with Crippen LogP contribution in [0.3, 0.4) is 0 Å². The van der Waals surface area contributed by atoms with Crippen molar-refractivity contribution in [1.29, 1.82) is 0 Å². The van der Waals surface area contributed by atoms with Crippen molar-refractivity contribution in [3.63, 3.8) is 0 Å². The van der Waals surface area contributed by atoms with Gasteiger partial charge in [0, 0.05) is 32.7 Å². The summed E-state index contributed by atoms with van der Waals surface area (Å²) in [6, 6.07) is 10.5. The molecule has 1 aromatic rings. The molecule has 0 radical (unpaired) electrons. The lowest BCUT2D eigenvalue weighted by Gasteiger charge is -2.32. The molecule has 0 aromatic heterocycles. The molecule has 1 saturated heterocycles. The minimum Gasteiger partial charge on any atom is -0.304 e. The number of hydrogen-bond acceptors (Lipinski definition) is 2.